The molecular weight excluding hydrogens is 600 g/mol. The van der Waals surface area contributed by atoms with Crippen molar-refractivity contribution in [3.63, 3.8) is 0 Å². The van der Waals surface area contributed by atoms with Crippen molar-refractivity contribution in [2.75, 3.05) is 34.0 Å². The van der Waals surface area contributed by atoms with Crippen LogP contribution in [0.15, 0.2) is 56.4 Å². The number of rotatable bonds is 10. The third-order valence-electron chi connectivity index (χ3n) is 5.89. The number of fused-ring (bicyclic) bond motifs is 1. The molecule has 0 saturated carbocycles. The van der Waals surface area contributed by atoms with Gasteiger partial charge in [0.25, 0.3) is 5.56 Å². The van der Waals surface area contributed by atoms with Crippen LogP contribution in [0, 0.1) is 12.3 Å². The summed E-state index contributed by atoms with van der Waals surface area (Å²) in [4.78, 5) is 31.5. The topological polar surface area (TPSA) is 97.6 Å². The summed E-state index contributed by atoms with van der Waals surface area (Å²) in [7, 11) is 2.81. The summed E-state index contributed by atoms with van der Waals surface area (Å²) in [5.74, 6) is 3.83. The number of carbonyl (C=O) groups excluding carboxylic acids is 1. The van der Waals surface area contributed by atoms with Crippen molar-refractivity contribution >= 4 is 39.3 Å². The standard InChI is InChI=1S/C29H27BrN2O7S/c1-6-11-39-24-15-20(30)18(13-22(24)35-4)14-25-27(33)32-26(19(28(34)36-5)16-31-29(32)40-25)17-9-10-21(37-7-2)23(12-17)38-8-3/h1,9-10,12-16,26H,7-8,11H2,2-5H3/b25-14-/t26-/m0/s1. The largest absolute Gasteiger partial charge is 0.493 e. The van der Waals surface area contributed by atoms with Gasteiger partial charge in [0.1, 0.15) is 6.61 Å². The fourth-order valence-electron chi connectivity index (χ4n) is 4.18. The highest BCUT2D eigenvalue weighted by atomic mass is 79.9. The van der Waals surface area contributed by atoms with Crippen molar-refractivity contribution in [3.05, 3.63) is 77.4 Å². The number of benzene rings is 2. The molecule has 0 saturated heterocycles. The summed E-state index contributed by atoms with van der Waals surface area (Å²) in [6, 6.07) is 8.02. The van der Waals surface area contributed by atoms with Crippen LogP contribution in [-0.2, 0) is 9.53 Å². The molecule has 1 aliphatic heterocycles. The lowest BCUT2D eigenvalue weighted by Crippen LogP contribution is -2.39. The van der Waals surface area contributed by atoms with E-state index in [0.29, 0.717) is 61.1 Å². The Morgan fingerprint density at radius 2 is 1.82 bits per heavy atom. The number of thiazole rings is 1. The molecule has 0 fully saturated rings. The first kappa shape index (κ1) is 29.0. The maximum absolute atomic E-state index is 13.9. The monoisotopic (exact) mass is 626 g/mol. The molecule has 1 atom stereocenters. The predicted molar refractivity (Wildman–Crippen MR) is 155 cm³/mol. The van der Waals surface area contributed by atoms with E-state index in [0.717, 1.165) is 0 Å². The van der Waals surface area contributed by atoms with Crippen molar-refractivity contribution in [1.82, 2.24) is 4.57 Å². The van der Waals surface area contributed by atoms with E-state index in [2.05, 4.69) is 26.8 Å². The third-order valence-corrected chi connectivity index (χ3v) is 7.57. The van der Waals surface area contributed by atoms with Crippen LogP contribution < -0.4 is 33.8 Å². The van der Waals surface area contributed by atoms with Crippen LogP contribution in [-0.4, -0.2) is 44.6 Å². The van der Waals surface area contributed by atoms with Gasteiger partial charge in [-0.3, -0.25) is 9.36 Å². The normalized spacial score (nSPS) is 14.3. The first-order chi connectivity index (χ1) is 19.4. The molecule has 0 unspecified atom stereocenters. The maximum atomic E-state index is 13.9. The van der Waals surface area contributed by atoms with E-state index >= 15 is 0 Å². The third kappa shape index (κ3) is 5.78. The van der Waals surface area contributed by atoms with Crippen LogP contribution in [0.2, 0.25) is 0 Å². The molecule has 4 rings (SSSR count). The summed E-state index contributed by atoms with van der Waals surface area (Å²) in [5, 5.41) is 0. The Kier molecular flexibility index (Phi) is 9.34. The number of methoxy groups -OCH3 is 2. The lowest BCUT2D eigenvalue weighted by atomic mass is 9.97. The van der Waals surface area contributed by atoms with Gasteiger partial charge in [0.05, 0.1) is 43.6 Å². The lowest BCUT2D eigenvalue weighted by molar-refractivity contribution is -0.136. The Bertz CT molecular complexity index is 1680. The Morgan fingerprint density at radius 1 is 1.10 bits per heavy atom. The van der Waals surface area contributed by atoms with Gasteiger partial charge < -0.3 is 23.7 Å². The zero-order valence-electron chi connectivity index (χ0n) is 22.4. The first-order valence-corrected chi connectivity index (χ1v) is 13.9. The summed E-state index contributed by atoms with van der Waals surface area (Å²) >= 11 is 4.74. The molecule has 2 aromatic carbocycles. The van der Waals surface area contributed by atoms with Gasteiger partial charge in [-0.25, -0.2) is 9.79 Å². The van der Waals surface area contributed by atoms with Crippen LogP contribution in [0.1, 0.15) is 31.0 Å². The Balaban J connectivity index is 1.88. The van der Waals surface area contributed by atoms with Gasteiger partial charge in [0, 0.05) is 10.7 Å². The van der Waals surface area contributed by atoms with E-state index in [1.807, 2.05) is 13.8 Å². The van der Waals surface area contributed by atoms with Crippen LogP contribution >= 0.6 is 27.3 Å². The Morgan fingerprint density at radius 3 is 2.50 bits per heavy atom. The lowest BCUT2D eigenvalue weighted by Gasteiger charge is -2.23. The number of carbonyl (C=O) groups is 1. The smallest absolute Gasteiger partial charge is 0.337 e. The number of ether oxygens (including phenoxy) is 5. The fraction of sp³-hybridized carbons (Fsp3) is 0.276. The number of halogens is 1. The number of nitrogens with zero attached hydrogens (tertiary/aromatic N) is 2. The zero-order valence-corrected chi connectivity index (χ0v) is 24.8. The quantitative estimate of drug-likeness (QED) is 0.251. The molecular formula is C29H27BrN2O7S. The molecule has 3 aromatic rings. The summed E-state index contributed by atoms with van der Waals surface area (Å²) in [6.45, 7) is 4.70. The highest BCUT2D eigenvalue weighted by Gasteiger charge is 2.31. The molecule has 0 N–H and O–H groups in total. The Labute approximate surface area is 243 Å². The van der Waals surface area contributed by atoms with Gasteiger partial charge >= 0.3 is 5.97 Å². The van der Waals surface area contributed by atoms with E-state index in [4.69, 9.17) is 30.1 Å². The average molecular weight is 628 g/mol. The molecule has 0 amide bonds. The van der Waals surface area contributed by atoms with Gasteiger partial charge in [-0.2, -0.15) is 0 Å². The second kappa shape index (κ2) is 12.9. The molecule has 0 spiro atoms. The highest BCUT2D eigenvalue weighted by Crippen LogP contribution is 2.36. The second-order valence-corrected chi connectivity index (χ2v) is 10.1. The Hall–Kier alpha value is -4.01. The summed E-state index contributed by atoms with van der Waals surface area (Å²) < 4.78 is 30.1. The molecule has 9 nitrogen and oxygen atoms in total. The minimum absolute atomic E-state index is 0.0832. The van der Waals surface area contributed by atoms with E-state index in [9.17, 15) is 9.59 Å². The first-order valence-electron chi connectivity index (χ1n) is 12.3. The van der Waals surface area contributed by atoms with E-state index in [1.54, 1.807) is 36.4 Å². The molecule has 1 aromatic heterocycles. The molecule has 208 valence electrons. The summed E-state index contributed by atoms with van der Waals surface area (Å²) in [5.41, 5.74) is 1.21. The van der Waals surface area contributed by atoms with E-state index in [-0.39, 0.29) is 17.7 Å². The number of esters is 1. The van der Waals surface area contributed by atoms with Gasteiger partial charge in [-0.05, 0) is 55.3 Å². The van der Waals surface area contributed by atoms with Crippen LogP contribution in [0.25, 0.3) is 6.08 Å². The number of aromatic nitrogens is 1. The predicted octanol–water partition coefficient (Wildman–Crippen LogP) is 3.60. The van der Waals surface area contributed by atoms with Gasteiger partial charge in [0.2, 0.25) is 0 Å². The molecule has 0 aliphatic carbocycles. The molecule has 0 radical (unpaired) electrons. The van der Waals surface area contributed by atoms with Crippen LogP contribution in [0.5, 0.6) is 23.0 Å². The highest BCUT2D eigenvalue weighted by molar-refractivity contribution is 9.10. The molecule has 11 heteroatoms. The van der Waals surface area contributed by atoms with Crippen molar-refractivity contribution in [2.45, 2.75) is 19.9 Å². The number of terminal acetylenes is 1. The fourth-order valence-corrected chi connectivity index (χ4v) is 5.58. The minimum atomic E-state index is -0.793. The van der Waals surface area contributed by atoms with Crippen molar-refractivity contribution in [3.8, 4) is 35.3 Å². The number of hydrogen-bond acceptors (Lipinski definition) is 9. The van der Waals surface area contributed by atoms with Gasteiger partial charge in [-0.15, -0.1) is 6.42 Å². The number of hydrogen-bond donors (Lipinski definition) is 0. The zero-order chi connectivity index (χ0) is 28.8. The van der Waals surface area contributed by atoms with E-state index < -0.39 is 12.0 Å². The molecule has 2 heterocycles. The van der Waals surface area contributed by atoms with E-state index in [1.165, 1.54) is 36.3 Å². The minimum Gasteiger partial charge on any atom is -0.493 e. The van der Waals surface area contributed by atoms with Gasteiger partial charge in [-0.1, -0.05) is 39.3 Å². The molecule has 0 bridgehead atoms. The van der Waals surface area contributed by atoms with Crippen molar-refractivity contribution < 1.29 is 28.5 Å². The maximum Gasteiger partial charge on any atom is 0.337 e. The molecule has 1 aliphatic rings. The summed E-state index contributed by atoms with van der Waals surface area (Å²) in [6.07, 6.45) is 8.48. The van der Waals surface area contributed by atoms with Gasteiger partial charge in [0.15, 0.2) is 27.8 Å². The van der Waals surface area contributed by atoms with Crippen molar-refractivity contribution in [2.24, 2.45) is 4.99 Å². The second-order valence-electron chi connectivity index (χ2n) is 8.27. The molecule has 40 heavy (non-hydrogen) atoms. The average Bonchev–Trinajstić information content (AvgIpc) is 3.28. The van der Waals surface area contributed by atoms with Crippen LogP contribution in [0.4, 0.5) is 0 Å². The van der Waals surface area contributed by atoms with Crippen LogP contribution in [0.3, 0.4) is 0 Å². The van der Waals surface area contributed by atoms with Crippen molar-refractivity contribution in [1.29, 1.82) is 0 Å². The SMILES string of the molecule is C#CCOc1cc(Br)c(/C=c2\sc3n(c2=O)[C@@H](c2ccc(OCC)c(OCC)c2)C(C(=O)OC)=CN=3)cc1OC.